The summed E-state index contributed by atoms with van der Waals surface area (Å²) in [5.74, 6) is 1.92. The third-order valence-electron chi connectivity index (χ3n) is 2.59. The average molecular weight is 460 g/mol. The van der Waals surface area contributed by atoms with Gasteiger partial charge in [-0.3, -0.25) is 14.2 Å². The number of pyridine rings is 2. The predicted octanol–water partition coefficient (Wildman–Crippen LogP) is 4.01. The molecule has 0 amide bonds. The topological polar surface area (TPSA) is 62.8 Å². The van der Waals surface area contributed by atoms with Gasteiger partial charge in [0.25, 0.3) is 0 Å². The van der Waals surface area contributed by atoms with Crippen molar-refractivity contribution in [3.05, 3.63) is 55.4 Å². The first-order valence-electron chi connectivity index (χ1n) is 6.51. The van der Waals surface area contributed by atoms with Gasteiger partial charge in [0.2, 0.25) is 0 Å². The van der Waals surface area contributed by atoms with Gasteiger partial charge in [-0.25, -0.2) is 0 Å². The zero-order valence-electron chi connectivity index (χ0n) is 12.2. The molecule has 0 bridgehead atoms. The quantitative estimate of drug-likeness (QED) is 0.367. The summed E-state index contributed by atoms with van der Waals surface area (Å²) in [7, 11) is 9.28. The molecule has 3 rings (SSSR count). The average Bonchev–Trinajstić information content (AvgIpc) is 3.11. The number of aromatic nitrogens is 2. The van der Waals surface area contributed by atoms with Crippen molar-refractivity contribution < 1.29 is 24.0 Å². The fourth-order valence-electron chi connectivity index (χ4n) is 1.66. The van der Waals surface area contributed by atoms with Crippen molar-refractivity contribution in [3.63, 3.8) is 0 Å². The van der Waals surface area contributed by atoms with Crippen molar-refractivity contribution in [1.29, 1.82) is 0 Å². The van der Waals surface area contributed by atoms with Crippen LogP contribution in [0.25, 0.3) is 11.4 Å². The Balaban J connectivity index is 0.000000370. The van der Waals surface area contributed by atoms with Gasteiger partial charge in [0.1, 0.15) is 0 Å². The number of rotatable bonds is 1. The van der Waals surface area contributed by atoms with Gasteiger partial charge >= 0.3 is 45.8 Å². The van der Waals surface area contributed by atoms with Gasteiger partial charge in [0.15, 0.2) is 0 Å². The Hall–Kier alpha value is -0.607. The Morgan fingerprint density at radius 3 is 1.57 bits per heavy atom. The van der Waals surface area contributed by atoms with Crippen LogP contribution >= 0.6 is 19.4 Å². The molecule has 1 aliphatic rings. The Kier molecular flexibility index (Phi) is 15.8. The summed E-state index contributed by atoms with van der Waals surface area (Å²) < 4.78 is 17.9. The SMILES string of the molecule is O=S1CCCC1.[C-]#[O+].[Cl][Ru][Cl].c1ccc(-c2ccccn2)nc1. The summed E-state index contributed by atoms with van der Waals surface area (Å²) in [6.07, 6.45) is 5.91. The minimum atomic E-state index is -0.423. The minimum absolute atomic E-state index is 0.346. The van der Waals surface area contributed by atoms with Crippen LogP contribution in [0.3, 0.4) is 0 Å². The Labute approximate surface area is 154 Å². The molecule has 1 saturated heterocycles. The molecule has 2 aromatic rings. The van der Waals surface area contributed by atoms with E-state index in [9.17, 15) is 4.21 Å². The molecule has 0 spiro atoms. The van der Waals surface area contributed by atoms with Gasteiger partial charge in [0.05, 0.1) is 11.4 Å². The molecule has 2 aromatic heterocycles. The van der Waals surface area contributed by atoms with Gasteiger partial charge < -0.3 is 0 Å². The van der Waals surface area contributed by atoms with Crippen LogP contribution in [-0.4, -0.2) is 25.7 Å². The maximum Gasteiger partial charge on any atom is 0.0886 e. The first-order valence-corrected chi connectivity index (χ1v) is 12.5. The fourth-order valence-corrected chi connectivity index (χ4v) is 2.91. The molecule has 4 nitrogen and oxygen atoms in total. The van der Waals surface area contributed by atoms with Crippen LogP contribution in [0.1, 0.15) is 12.8 Å². The van der Waals surface area contributed by atoms with E-state index in [0.717, 1.165) is 22.9 Å². The molecule has 0 atom stereocenters. The van der Waals surface area contributed by atoms with Gasteiger partial charge in [-0.15, -0.1) is 0 Å². The summed E-state index contributed by atoms with van der Waals surface area (Å²) in [6, 6.07) is 11.6. The Bertz CT molecular complexity index is 514. The van der Waals surface area contributed by atoms with E-state index in [2.05, 4.69) is 16.6 Å². The maximum atomic E-state index is 10.4. The van der Waals surface area contributed by atoms with E-state index in [4.69, 9.17) is 24.0 Å². The fraction of sp³-hybridized carbons (Fsp3) is 0.267. The van der Waals surface area contributed by atoms with Crippen molar-refractivity contribution in [1.82, 2.24) is 9.97 Å². The van der Waals surface area contributed by atoms with Gasteiger partial charge in [0, 0.05) is 34.7 Å². The first kappa shape index (κ1) is 22.4. The summed E-state index contributed by atoms with van der Waals surface area (Å²) in [5, 5.41) is 0. The van der Waals surface area contributed by atoms with Crippen LogP contribution in [-0.2, 0) is 30.6 Å². The van der Waals surface area contributed by atoms with Crippen LogP contribution in [0.5, 0.6) is 0 Å². The molecule has 0 unspecified atom stereocenters. The van der Waals surface area contributed by atoms with E-state index >= 15 is 0 Å². The molecule has 0 saturated carbocycles. The largest absolute Gasteiger partial charge is 0.255 e. The van der Waals surface area contributed by atoms with E-state index < -0.39 is 10.8 Å². The van der Waals surface area contributed by atoms with E-state index in [1.807, 2.05) is 36.4 Å². The Morgan fingerprint density at radius 2 is 1.35 bits per heavy atom. The van der Waals surface area contributed by atoms with E-state index in [-0.39, 0.29) is 15.1 Å². The Morgan fingerprint density at radius 1 is 0.957 bits per heavy atom. The molecule has 0 aliphatic carbocycles. The molecule has 1 fully saturated rings. The predicted molar refractivity (Wildman–Crippen MR) is 90.2 cm³/mol. The standard InChI is InChI=1S/C10H8N2.C4H8OS.CO.2ClH.Ru/c1-3-7-11-9(5-1)10-6-2-4-8-12-10;5-6-3-1-2-4-6;1-2;;;/h1-8H;1-4H2;;2*1H;/q;;;;;+2/p-2. The van der Waals surface area contributed by atoms with Crippen molar-refractivity contribution in [2.45, 2.75) is 12.8 Å². The third kappa shape index (κ3) is 11.6. The summed E-state index contributed by atoms with van der Waals surface area (Å²) >= 11 is -0.346. The second kappa shape index (κ2) is 16.3. The van der Waals surface area contributed by atoms with Crippen LogP contribution in [0.2, 0.25) is 0 Å². The molecular weight excluding hydrogens is 444 g/mol. The normalized spacial score (nSPS) is 12.7. The smallest absolute Gasteiger partial charge is 0.0886 e. The molecule has 8 heteroatoms. The van der Waals surface area contributed by atoms with E-state index in [1.54, 1.807) is 12.4 Å². The molecule has 0 N–H and O–H groups in total. The maximum absolute atomic E-state index is 10.4. The second-order valence-corrected chi connectivity index (χ2v) is 8.37. The van der Waals surface area contributed by atoms with Crippen molar-refractivity contribution >= 4 is 30.2 Å². The molecule has 126 valence electrons. The number of nitrogens with zero attached hydrogens (tertiary/aromatic N) is 2. The van der Waals surface area contributed by atoms with Gasteiger partial charge in [-0.05, 0) is 37.1 Å². The molecule has 0 radical (unpaired) electrons. The van der Waals surface area contributed by atoms with Crippen molar-refractivity contribution in [2.75, 3.05) is 11.5 Å². The number of hydrogen-bond donors (Lipinski definition) is 0. The summed E-state index contributed by atoms with van der Waals surface area (Å²) in [5.41, 5.74) is 1.83. The number of hydrogen-bond acceptors (Lipinski definition) is 3. The molecular formula is C15H16Cl2N2O2RuS. The zero-order chi connectivity index (χ0) is 17.3. The zero-order valence-corrected chi connectivity index (χ0v) is 16.2. The van der Waals surface area contributed by atoms with Crippen molar-refractivity contribution in [2.24, 2.45) is 0 Å². The van der Waals surface area contributed by atoms with Crippen molar-refractivity contribution in [3.8, 4) is 11.4 Å². The minimum Gasteiger partial charge on any atom is -0.255 e. The molecule has 1 aliphatic heterocycles. The van der Waals surface area contributed by atoms with E-state index in [1.165, 1.54) is 12.8 Å². The van der Waals surface area contributed by atoms with Crippen LogP contribution in [0.15, 0.2) is 48.8 Å². The van der Waals surface area contributed by atoms with Crippen LogP contribution in [0, 0.1) is 6.65 Å². The van der Waals surface area contributed by atoms with Gasteiger partial charge in [-0.1, -0.05) is 12.1 Å². The third-order valence-corrected chi connectivity index (χ3v) is 4.07. The summed E-state index contributed by atoms with van der Waals surface area (Å²) in [4.78, 5) is 8.37. The molecule has 0 aromatic carbocycles. The number of halogens is 2. The molecule has 3 heterocycles. The van der Waals surface area contributed by atoms with Crippen LogP contribution in [0.4, 0.5) is 0 Å². The molecule has 23 heavy (non-hydrogen) atoms. The van der Waals surface area contributed by atoms with E-state index in [0.29, 0.717) is 0 Å². The first-order chi connectivity index (χ1) is 11.3. The van der Waals surface area contributed by atoms with Crippen LogP contribution < -0.4 is 0 Å². The van der Waals surface area contributed by atoms with Gasteiger partial charge in [-0.2, -0.15) is 0 Å². The monoisotopic (exact) mass is 460 g/mol. The summed E-state index contributed by atoms with van der Waals surface area (Å²) in [6.45, 7) is 4.50. The second-order valence-electron chi connectivity index (χ2n) is 4.04.